The van der Waals surface area contributed by atoms with Crippen molar-refractivity contribution in [3.05, 3.63) is 0 Å². The van der Waals surface area contributed by atoms with Gasteiger partial charge in [-0.3, -0.25) is 0 Å². The van der Waals surface area contributed by atoms with Gasteiger partial charge >= 0.3 is 0 Å². The van der Waals surface area contributed by atoms with Crippen LogP contribution in [0.1, 0.15) is 77.0 Å². The molecule has 0 N–H and O–H groups in total. The quantitative estimate of drug-likeness (QED) is 0.491. The van der Waals surface area contributed by atoms with Gasteiger partial charge in [-0.05, 0) is 44.9 Å². The molecule has 0 aromatic rings. The van der Waals surface area contributed by atoms with E-state index < -0.39 is 0 Å². The molecule has 0 saturated carbocycles. The smallest absolute Gasteiger partial charge is 0.0621 e. The Morgan fingerprint density at radius 2 is 1.70 bits per heavy atom. The molecule has 1 aliphatic rings. The number of ether oxygens (including phenoxy) is 2. The molecule has 1 saturated heterocycles. The second-order valence-electron chi connectivity index (χ2n) is 5.77. The number of hydrogen-bond acceptors (Lipinski definition) is 3. The predicted octanol–water partition coefficient (Wildman–Crippen LogP) is 4.61. The van der Waals surface area contributed by atoms with Crippen LogP contribution in [0.4, 0.5) is 0 Å². The summed E-state index contributed by atoms with van der Waals surface area (Å²) in [4.78, 5) is 0. The van der Waals surface area contributed by atoms with Gasteiger partial charge in [-0.25, -0.2) is 0 Å². The fourth-order valence-electron chi connectivity index (χ4n) is 2.65. The Kier molecular flexibility index (Phi) is 11.7. The molecule has 1 heterocycles. The standard InChI is InChI=1S/C17H31NO2/c18-13-7-2-1-3-8-14-19-15-9-4-5-11-17-12-6-10-16-20-17/h17H,1-12,14-16H2. The van der Waals surface area contributed by atoms with Gasteiger partial charge in [0.1, 0.15) is 0 Å². The highest BCUT2D eigenvalue weighted by atomic mass is 16.5. The first-order valence-electron chi connectivity index (χ1n) is 8.50. The van der Waals surface area contributed by atoms with E-state index >= 15 is 0 Å². The van der Waals surface area contributed by atoms with Crippen LogP contribution in [0.15, 0.2) is 0 Å². The second-order valence-corrected chi connectivity index (χ2v) is 5.77. The van der Waals surface area contributed by atoms with E-state index in [1.54, 1.807) is 0 Å². The number of rotatable bonds is 12. The third-order valence-electron chi connectivity index (χ3n) is 3.92. The van der Waals surface area contributed by atoms with E-state index in [-0.39, 0.29) is 0 Å². The summed E-state index contributed by atoms with van der Waals surface area (Å²) in [6.45, 7) is 2.77. The number of unbranched alkanes of at least 4 members (excludes halogenated alkanes) is 6. The van der Waals surface area contributed by atoms with Crippen LogP contribution in [0.5, 0.6) is 0 Å². The van der Waals surface area contributed by atoms with Crippen LogP contribution in [-0.2, 0) is 9.47 Å². The molecule has 116 valence electrons. The fourth-order valence-corrected chi connectivity index (χ4v) is 2.65. The zero-order valence-corrected chi connectivity index (χ0v) is 12.9. The summed E-state index contributed by atoms with van der Waals surface area (Å²) in [5.74, 6) is 0. The zero-order chi connectivity index (χ0) is 14.3. The lowest BCUT2D eigenvalue weighted by Gasteiger charge is -2.22. The van der Waals surface area contributed by atoms with Gasteiger partial charge in [-0.1, -0.05) is 25.7 Å². The van der Waals surface area contributed by atoms with Gasteiger partial charge in [0.2, 0.25) is 0 Å². The normalized spacial score (nSPS) is 18.9. The molecule has 1 aliphatic heterocycles. The molecule has 0 aromatic carbocycles. The monoisotopic (exact) mass is 281 g/mol. The Morgan fingerprint density at radius 1 is 0.950 bits per heavy atom. The van der Waals surface area contributed by atoms with E-state index in [1.165, 1.54) is 51.4 Å². The van der Waals surface area contributed by atoms with Gasteiger partial charge in [-0.2, -0.15) is 5.26 Å². The van der Waals surface area contributed by atoms with Crippen LogP contribution in [0.25, 0.3) is 0 Å². The summed E-state index contributed by atoms with van der Waals surface area (Å²) in [6.07, 6.45) is 14.6. The molecule has 3 nitrogen and oxygen atoms in total. The Labute approximate surface area is 124 Å². The predicted molar refractivity (Wildman–Crippen MR) is 81.6 cm³/mol. The fraction of sp³-hybridized carbons (Fsp3) is 0.941. The van der Waals surface area contributed by atoms with Gasteiger partial charge < -0.3 is 9.47 Å². The number of nitriles is 1. The number of nitrogens with zero attached hydrogens (tertiary/aromatic N) is 1. The lowest BCUT2D eigenvalue weighted by Crippen LogP contribution is -2.18. The van der Waals surface area contributed by atoms with E-state index in [2.05, 4.69) is 6.07 Å². The average molecular weight is 281 g/mol. The molecule has 0 amide bonds. The Hall–Kier alpha value is -0.590. The van der Waals surface area contributed by atoms with Crippen molar-refractivity contribution < 1.29 is 9.47 Å². The van der Waals surface area contributed by atoms with Crippen molar-refractivity contribution >= 4 is 0 Å². The van der Waals surface area contributed by atoms with Crippen molar-refractivity contribution in [3.63, 3.8) is 0 Å². The van der Waals surface area contributed by atoms with E-state index in [0.29, 0.717) is 12.5 Å². The molecule has 1 rings (SSSR count). The molecule has 0 aliphatic carbocycles. The summed E-state index contributed by atoms with van der Waals surface area (Å²) in [5.41, 5.74) is 0. The lowest BCUT2D eigenvalue weighted by atomic mass is 10.0. The van der Waals surface area contributed by atoms with Crippen LogP contribution in [-0.4, -0.2) is 25.9 Å². The SMILES string of the molecule is N#CCCCCCCOCCCCCC1CCCCO1. The highest BCUT2D eigenvalue weighted by Crippen LogP contribution is 2.18. The molecule has 0 spiro atoms. The third kappa shape index (κ3) is 10.2. The Morgan fingerprint density at radius 3 is 2.40 bits per heavy atom. The van der Waals surface area contributed by atoms with E-state index in [1.807, 2.05) is 0 Å². The van der Waals surface area contributed by atoms with Gasteiger partial charge in [0, 0.05) is 26.2 Å². The minimum Gasteiger partial charge on any atom is -0.381 e. The number of hydrogen-bond donors (Lipinski definition) is 0. The molecular weight excluding hydrogens is 250 g/mol. The topological polar surface area (TPSA) is 42.2 Å². The molecule has 0 aromatic heterocycles. The van der Waals surface area contributed by atoms with Gasteiger partial charge in [0.05, 0.1) is 12.2 Å². The second kappa shape index (κ2) is 13.4. The highest BCUT2D eigenvalue weighted by Gasteiger charge is 2.12. The maximum atomic E-state index is 8.41. The Bertz CT molecular complexity index is 244. The summed E-state index contributed by atoms with van der Waals surface area (Å²) < 4.78 is 11.4. The first-order chi connectivity index (χ1) is 9.93. The lowest BCUT2D eigenvalue weighted by molar-refractivity contribution is 0.00940. The summed E-state index contributed by atoms with van der Waals surface area (Å²) in [6, 6.07) is 2.18. The van der Waals surface area contributed by atoms with Crippen LogP contribution in [0, 0.1) is 11.3 Å². The van der Waals surface area contributed by atoms with Gasteiger partial charge in [0.15, 0.2) is 0 Å². The van der Waals surface area contributed by atoms with E-state index in [4.69, 9.17) is 14.7 Å². The first kappa shape index (κ1) is 17.5. The molecule has 0 radical (unpaired) electrons. The van der Waals surface area contributed by atoms with Crippen molar-refractivity contribution in [2.24, 2.45) is 0 Å². The van der Waals surface area contributed by atoms with Crippen LogP contribution >= 0.6 is 0 Å². The maximum absolute atomic E-state index is 8.41. The van der Waals surface area contributed by atoms with Gasteiger partial charge in [-0.15, -0.1) is 0 Å². The molecule has 1 atom stereocenters. The minimum atomic E-state index is 0.540. The molecule has 1 fully saturated rings. The summed E-state index contributed by atoms with van der Waals surface area (Å²) in [7, 11) is 0. The molecule has 20 heavy (non-hydrogen) atoms. The first-order valence-corrected chi connectivity index (χ1v) is 8.50. The molecular formula is C17H31NO2. The van der Waals surface area contributed by atoms with Crippen molar-refractivity contribution in [2.45, 2.75) is 83.2 Å². The van der Waals surface area contributed by atoms with Crippen LogP contribution in [0.3, 0.4) is 0 Å². The van der Waals surface area contributed by atoms with Crippen molar-refractivity contribution in [2.75, 3.05) is 19.8 Å². The van der Waals surface area contributed by atoms with Crippen molar-refractivity contribution in [1.29, 1.82) is 5.26 Å². The summed E-state index contributed by atoms with van der Waals surface area (Å²) >= 11 is 0. The Balaban J connectivity index is 1.71. The van der Waals surface area contributed by atoms with E-state index in [9.17, 15) is 0 Å². The largest absolute Gasteiger partial charge is 0.381 e. The van der Waals surface area contributed by atoms with Crippen LogP contribution < -0.4 is 0 Å². The summed E-state index contributed by atoms with van der Waals surface area (Å²) in [5, 5.41) is 8.41. The van der Waals surface area contributed by atoms with Crippen LogP contribution in [0.2, 0.25) is 0 Å². The third-order valence-corrected chi connectivity index (χ3v) is 3.92. The van der Waals surface area contributed by atoms with Crippen molar-refractivity contribution in [1.82, 2.24) is 0 Å². The highest BCUT2D eigenvalue weighted by molar-refractivity contribution is 4.67. The minimum absolute atomic E-state index is 0.540. The molecule has 3 heteroatoms. The van der Waals surface area contributed by atoms with Gasteiger partial charge in [0.25, 0.3) is 0 Å². The van der Waals surface area contributed by atoms with Crippen molar-refractivity contribution in [3.8, 4) is 6.07 Å². The van der Waals surface area contributed by atoms with E-state index in [0.717, 1.165) is 39.1 Å². The zero-order valence-electron chi connectivity index (χ0n) is 12.9. The maximum Gasteiger partial charge on any atom is 0.0621 e. The molecule has 0 bridgehead atoms. The average Bonchev–Trinajstić information content (AvgIpc) is 2.49. The molecule has 1 unspecified atom stereocenters.